The van der Waals surface area contributed by atoms with Crippen molar-refractivity contribution >= 4 is 11.8 Å². The highest BCUT2D eigenvalue weighted by Crippen LogP contribution is 2.41. The average Bonchev–Trinajstić information content (AvgIpc) is 3.11. The number of hydrogen-bond donors (Lipinski definition) is 1. The first-order valence-electron chi connectivity index (χ1n) is 6.51. The van der Waals surface area contributed by atoms with E-state index in [0.717, 1.165) is 12.8 Å². The third-order valence-corrected chi connectivity index (χ3v) is 3.85. The molecule has 102 valence electrons. The maximum atomic E-state index is 12.5. The lowest BCUT2D eigenvalue weighted by Crippen LogP contribution is -2.66. The fourth-order valence-electron chi connectivity index (χ4n) is 2.66. The van der Waals surface area contributed by atoms with Gasteiger partial charge in [0.15, 0.2) is 0 Å². The lowest BCUT2D eigenvalue weighted by atomic mass is 9.91. The molecule has 2 amide bonds. The van der Waals surface area contributed by atoms with Gasteiger partial charge in [-0.2, -0.15) is 0 Å². The summed E-state index contributed by atoms with van der Waals surface area (Å²) in [5.74, 6) is 1.29. The van der Waals surface area contributed by atoms with E-state index in [0.29, 0.717) is 11.7 Å². The minimum absolute atomic E-state index is 0.0366. The number of nitrogens with zero attached hydrogens (tertiary/aromatic N) is 2. The first-order chi connectivity index (χ1) is 8.99. The molecule has 0 radical (unpaired) electrons. The molecule has 1 aromatic heterocycles. The van der Waals surface area contributed by atoms with Gasteiger partial charge in [0.1, 0.15) is 17.8 Å². The molecule has 1 N–H and O–H groups in total. The molecule has 1 atom stereocenters. The molecular weight excluding hydrogens is 246 g/mol. The van der Waals surface area contributed by atoms with Crippen molar-refractivity contribution in [2.75, 3.05) is 6.54 Å². The molecule has 1 aliphatic heterocycles. The van der Waals surface area contributed by atoms with Crippen LogP contribution in [0.25, 0.3) is 0 Å². The molecule has 19 heavy (non-hydrogen) atoms. The molecule has 0 aromatic carbocycles. The van der Waals surface area contributed by atoms with E-state index in [1.807, 2.05) is 6.92 Å². The average molecular weight is 263 g/mol. The number of rotatable bonds is 3. The van der Waals surface area contributed by atoms with E-state index in [1.54, 1.807) is 13.1 Å². The maximum Gasteiger partial charge on any atom is 0.249 e. The van der Waals surface area contributed by atoms with E-state index in [2.05, 4.69) is 10.3 Å². The lowest BCUT2D eigenvalue weighted by molar-refractivity contribution is -0.151. The Hall–Kier alpha value is -1.85. The van der Waals surface area contributed by atoms with E-state index >= 15 is 0 Å². The molecule has 3 rings (SSSR count). The predicted molar refractivity (Wildman–Crippen MR) is 65.9 cm³/mol. The number of oxazole rings is 1. The molecule has 1 aliphatic carbocycles. The van der Waals surface area contributed by atoms with E-state index in [1.165, 1.54) is 4.90 Å². The van der Waals surface area contributed by atoms with E-state index in [9.17, 15) is 9.59 Å². The van der Waals surface area contributed by atoms with Gasteiger partial charge in [0.25, 0.3) is 0 Å². The summed E-state index contributed by atoms with van der Waals surface area (Å²) in [6.45, 7) is 3.94. The third kappa shape index (κ3) is 2.11. The van der Waals surface area contributed by atoms with E-state index in [-0.39, 0.29) is 30.8 Å². The van der Waals surface area contributed by atoms with Crippen LogP contribution in [0.2, 0.25) is 0 Å². The fourth-order valence-corrected chi connectivity index (χ4v) is 2.66. The molecule has 1 aromatic rings. The van der Waals surface area contributed by atoms with Gasteiger partial charge < -0.3 is 14.6 Å². The van der Waals surface area contributed by atoms with Crippen LogP contribution in [0.15, 0.2) is 10.6 Å². The zero-order valence-electron chi connectivity index (χ0n) is 11.1. The van der Waals surface area contributed by atoms with Gasteiger partial charge in [-0.3, -0.25) is 9.59 Å². The molecule has 2 heterocycles. The highest BCUT2D eigenvalue weighted by molar-refractivity contribution is 5.98. The van der Waals surface area contributed by atoms with Crippen LogP contribution >= 0.6 is 0 Å². The Kier molecular flexibility index (Phi) is 2.62. The molecule has 0 bridgehead atoms. The number of carbonyl (C=O) groups excluding carboxylic acids is 2. The van der Waals surface area contributed by atoms with Crippen molar-refractivity contribution in [2.45, 2.75) is 38.8 Å². The second-order valence-corrected chi connectivity index (χ2v) is 5.55. The number of hydrogen-bond acceptors (Lipinski definition) is 4. The summed E-state index contributed by atoms with van der Waals surface area (Å²) in [5.41, 5.74) is -0.753. The summed E-state index contributed by atoms with van der Waals surface area (Å²) in [5, 5.41) is 2.84. The number of amides is 2. The highest BCUT2D eigenvalue weighted by Gasteiger charge is 2.52. The van der Waals surface area contributed by atoms with Crippen LogP contribution in [-0.4, -0.2) is 33.8 Å². The predicted octanol–water partition coefficient (Wildman–Crippen LogP) is 0.610. The van der Waals surface area contributed by atoms with Crippen molar-refractivity contribution in [2.24, 2.45) is 5.92 Å². The molecular formula is C13H17N3O3. The fraction of sp³-hybridized carbons (Fsp3) is 0.615. The van der Waals surface area contributed by atoms with Gasteiger partial charge >= 0.3 is 0 Å². The minimum Gasteiger partial charge on any atom is -0.444 e. The van der Waals surface area contributed by atoms with Gasteiger partial charge in [-0.15, -0.1) is 0 Å². The number of nitrogens with one attached hydrogen (secondary N) is 1. The van der Waals surface area contributed by atoms with Crippen LogP contribution in [0.3, 0.4) is 0 Å². The first kappa shape index (κ1) is 12.2. The first-order valence-corrected chi connectivity index (χ1v) is 6.51. The summed E-state index contributed by atoms with van der Waals surface area (Å²) in [7, 11) is 0. The lowest BCUT2D eigenvalue weighted by Gasteiger charge is -2.39. The van der Waals surface area contributed by atoms with Crippen molar-refractivity contribution in [3.05, 3.63) is 17.8 Å². The Morgan fingerprint density at radius 3 is 2.84 bits per heavy atom. The van der Waals surface area contributed by atoms with Gasteiger partial charge in [0.05, 0.1) is 12.7 Å². The van der Waals surface area contributed by atoms with Gasteiger partial charge in [-0.25, -0.2) is 4.98 Å². The zero-order chi connectivity index (χ0) is 13.6. The van der Waals surface area contributed by atoms with Crippen LogP contribution in [0, 0.1) is 12.8 Å². The van der Waals surface area contributed by atoms with Crippen LogP contribution in [-0.2, 0) is 16.1 Å². The van der Waals surface area contributed by atoms with Crippen molar-refractivity contribution in [1.82, 2.24) is 15.2 Å². The number of aryl methyl sites for hydroxylation is 1. The smallest absolute Gasteiger partial charge is 0.249 e. The van der Waals surface area contributed by atoms with Crippen molar-refractivity contribution < 1.29 is 14.0 Å². The van der Waals surface area contributed by atoms with Gasteiger partial charge in [-0.05, 0) is 32.6 Å². The molecule has 1 saturated heterocycles. The second kappa shape index (κ2) is 4.08. The Labute approximate surface area is 111 Å². The largest absolute Gasteiger partial charge is 0.444 e. The monoisotopic (exact) mass is 263 g/mol. The van der Waals surface area contributed by atoms with Crippen molar-refractivity contribution in [3.63, 3.8) is 0 Å². The van der Waals surface area contributed by atoms with Gasteiger partial charge in [0.2, 0.25) is 17.7 Å². The number of carbonyl (C=O) groups is 2. The Bertz CT molecular complexity index is 535. The Balaban J connectivity index is 1.80. The number of aromatic nitrogens is 1. The standard InChI is InChI=1S/C13H17N3O3/c1-8-5-14-11(19-8)7-16-6-10(17)15-13(2,12(16)18)9-3-4-9/h5,9H,3-4,6-7H2,1-2H3,(H,15,17). The van der Waals surface area contributed by atoms with Gasteiger partial charge in [0, 0.05) is 0 Å². The van der Waals surface area contributed by atoms with Crippen molar-refractivity contribution in [1.29, 1.82) is 0 Å². The summed E-state index contributed by atoms with van der Waals surface area (Å²) >= 11 is 0. The third-order valence-electron chi connectivity index (χ3n) is 3.85. The molecule has 1 unspecified atom stereocenters. The summed E-state index contributed by atoms with van der Waals surface area (Å²) in [6, 6.07) is 0. The normalized spacial score (nSPS) is 27.6. The summed E-state index contributed by atoms with van der Waals surface area (Å²) in [4.78, 5) is 29.9. The zero-order valence-corrected chi connectivity index (χ0v) is 11.1. The quantitative estimate of drug-likeness (QED) is 0.867. The molecule has 2 aliphatic rings. The Morgan fingerprint density at radius 1 is 1.53 bits per heavy atom. The molecule has 2 fully saturated rings. The van der Waals surface area contributed by atoms with Crippen LogP contribution < -0.4 is 5.32 Å². The second-order valence-electron chi connectivity index (χ2n) is 5.55. The molecule has 6 heteroatoms. The number of piperazine rings is 1. The highest BCUT2D eigenvalue weighted by atomic mass is 16.4. The van der Waals surface area contributed by atoms with Crippen molar-refractivity contribution in [3.8, 4) is 0 Å². The summed E-state index contributed by atoms with van der Waals surface area (Å²) < 4.78 is 5.38. The SMILES string of the molecule is Cc1cnc(CN2CC(=O)NC(C)(C3CC3)C2=O)o1. The Morgan fingerprint density at radius 2 is 2.26 bits per heavy atom. The molecule has 6 nitrogen and oxygen atoms in total. The minimum atomic E-state index is -0.753. The topological polar surface area (TPSA) is 75.4 Å². The summed E-state index contributed by atoms with van der Waals surface area (Å²) in [6.07, 6.45) is 3.60. The van der Waals surface area contributed by atoms with Crippen LogP contribution in [0.4, 0.5) is 0 Å². The van der Waals surface area contributed by atoms with E-state index < -0.39 is 5.54 Å². The van der Waals surface area contributed by atoms with E-state index in [4.69, 9.17) is 4.42 Å². The van der Waals surface area contributed by atoms with Gasteiger partial charge in [-0.1, -0.05) is 0 Å². The van der Waals surface area contributed by atoms with Crippen LogP contribution in [0.1, 0.15) is 31.4 Å². The molecule has 0 spiro atoms. The maximum absolute atomic E-state index is 12.5. The van der Waals surface area contributed by atoms with Crippen LogP contribution in [0.5, 0.6) is 0 Å². The molecule has 1 saturated carbocycles.